The zero-order valence-corrected chi connectivity index (χ0v) is 20.1. The maximum absolute atomic E-state index is 5.73. The Morgan fingerprint density at radius 1 is 1.20 bits per heavy atom. The van der Waals surface area contributed by atoms with E-state index in [1.54, 1.807) is 0 Å². The summed E-state index contributed by atoms with van der Waals surface area (Å²) in [7, 11) is 0. The summed E-state index contributed by atoms with van der Waals surface area (Å²) in [5.41, 5.74) is 1.00. The smallest absolute Gasteiger partial charge is 0.191 e. The Kier molecular flexibility index (Phi) is 11.8. The van der Waals surface area contributed by atoms with Crippen molar-refractivity contribution in [2.75, 3.05) is 57.9 Å². The number of fused-ring (bicyclic) bond motifs is 1. The molecule has 3 N–H and O–H groups in total. The Hall–Kier alpha value is -1.65. The molecule has 0 amide bonds. The molecular weight excluding hydrogens is 493 g/mol. The number of anilines is 1. The number of guanidine groups is 1. The Morgan fingerprint density at radius 3 is 2.93 bits per heavy atom. The van der Waals surface area contributed by atoms with Gasteiger partial charge in [0, 0.05) is 50.7 Å². The van der Waals surface area contributed by atoms with Gasteiger partial charge < -0.3 is 25.4 Å². The molecule has 7 nitrogen and oxygen atoms in total. The van der Waals surface area contributed by atoms with E-state index in [0.29, 0.717) is 5.92 Å². The number of hydrogen-bond acceptors (Lipinski definition) is 5. The van der Waals surface area contributed by atoms with Crippen molar-refractivity contribution in [3.8, 4) is 0 Å². The van der Waals surface area contributed by atoms with Gasteiger partial charge in [0.25, 0.3) is 0 Å². The lowest BCUT2D eigenvalue weighted by Gasteiger charge is -2.12. The van der Waals surface area contributed by atoms with E-state index in [-0.39, 0.29) is 24.0 Å². The summed E-state index contributed by atoms with van der Waals surface area (Å²) in [6.07, 6.45) is 2.04. The van der Waals surface area contributed by atoms with Crippen LogP contribution in [0.15, 0.2) is 41.4 Å². The lowest BCUT2D eigenvalue weighted by atomic mass is 10.1. The fourth-order valence-electron chi connectivity index (χ4n) is 3.20. The highest BCUT2D eigenvalue weighted by atomic mass is 127. The molecule has 166 valence electrons. The second-order valence-corrected chi connectivity index (χ2v) is 7.16. The molecule has 1 aliphatic heterocycles. The summed E-state index contributed by atoms with van der Waals surface area (Å²) in [4.78, 5) is 9.24. The molecule has 1 fully saturated rings. The van der Waals surface area contributed by atoms with Gasteiger partial charge >= 0.3 is 0 Å². The van der Waals surface area contributed by atoms with Gasteiger partial charge in [-0.3, -0.25) is 4.99 Å². The number of pyridine rings is 1. The summed E-state index contributed by atoms with van der Waals surface area (Å²) in [6.45, 7) is 8.45. The largest absolute Gasteiger partial charge is 0.381 e. The molecule has 3 rings (SSSR count). The maximum atomic E-state index is 5.73. The predicted octanol–water partition coefficient (Wildman–Crippen LogP) is 3.26. The van der Waals surface area contributed by atoms with Crippen molar-refractivity contribution in [3.63, 3.8) is 0 Å². The number of aromatic nitrogens is 1. The van der Waals surface area contributed by atoms with E-state index >= 15 is 0 Å². The summed E-state index contributed by atoms with van der Waals surface area (Å²) < 4.78 is 11.1. The molecule has 0 spiro atoms. The van der Waals surface area contributed by atoms with Crippen molar-refractivity contribution < 1.29 is 9.47 Å². The zero-order valence-electron chi connectivity index (χ0n) is 17.7. The summed E-state index contributed by atoms with van der Waals surface area (Å²) >= 11 is 0. The van der Waals surface area contributed by atoms with Crippen LogP contribution in [0.5, 0.6) is 0 Å². The van der Waals surface area contributed by atoms with E-state index in [9.17, 15) is 0 Å². The van der Waals surface area contributed by atoms with Gasteiger partial charge in [0.2, 0.25) is 0 Å². The van der Waals surface area contributed by atoms with E-state index in [4.69, 9.17) is 9.47 Å². The van der Waals surface area contributed by atoms with Crippen molar-refractivity contribution in [1.29, 1.82) is 0 Å². The first-order chi connectivity index (χ1) is 14.3. The minimum atomic E-state index is 0. The van der Waals surface area contributed by atoms with Gasteiger partial charge in [-0.1, -0.05) is 18.2 Å². The van der Waals surface area contributed by atoms with Gasteiger partial charge in [-0.2, -0.15) is 0 Å². The van der Waals surface area contributed by atoms with Crippen LogP contribution < -0.4 is 16.0 Å². The Labute approximate surface area is 196 Å². The molecule has 30 heavy (non-hydrogen) atoms. The number of halogens is 1. The lowest BCUT2D eigenvalue weighted by molar-refractivity contribution is 0.0893. The van der Waals surface area contributed by atoms with E-state index in [1.165, 1.54) is 0 Å². The number of aliphatic imine (C=N–C) groups is 1. The van der Waals surface area contributed by atoms with Gasteiger partial charge in [0.05, 0.1) is 18.7 Å². The van der Waals surface area contributed by atoms with Gasteiger partial charge in [-0.25, -0.2) is 4.98 Å². The molecule has 0 saturated carbocycles. The van der Waals surface area contributed by atoms with Crippen molar-refractivity contribution in [2.45, 2.75) is 19.8 Å². The quantitative estimate of drug-likeness (QED) is 0.180. The number of para-hydroxylation sites is 1. The average molecular weight is 527 g/mol. The second-order valence-electron chi connectivity index (χ2n) is 7.16. The third-order valence-electron chi connectivity index (χ3n) is 4.76. The van der Waals surface area contributed by atoms with Crippen LogP contribution in [-0.4, -0.2) is 63.6 Å². The summed E-state index contributed by atoms with van der Waals surface area (Å²) in [5.74, 6) is 2.30. The van der Waals surface area contributed by atoms with E-state index < -0.39 is 0 Å². The van der Waals surface area contributed by atoms with Crippen LogP contribution in [0, 0.1) is 5.92 Å². The molecule has 1 aliphatic rings. The van der Waals surface area contributed by atoms with Crippen LogP contribution in [0.3, 0.4) is 0 Å². The molecule has 8 heteroatoms. The molecule has 2 heterocycles. The Morgan fingerprint density at radius 2 is 2.10 bits per heavy atom. The number of ether oxygens (including phenoxy) is 2. The highest BCUT2D eigenvalue weighted by Gasteiger charge is 2.15. The van der Waals surface area contributed by atoms with Crippen LogP contribution in [0.4, 0.5) is 5.82 Å². The van der Waals surface area contributed by atoms with Gasteiger partial charge in [0.15, 0.2) is 5.96 Å². The predicted molar refractivity (Wildman–Crippen MR) is 134 cm³/mol. The van der Waals surface area contributed by atoms with Crippen LogP contribution >= 0.6 is 24.0 Å². The third kappa shape index (κ3) is 8.61. The first-order valence-electron chi connectivity index (χ1n) is 10.6. The fourth-order valence-corrected chi connectivity index (χ4v) is 3.20. The summed E-state index contributed by atoms with van der Waals surface area (Å²) in [6, 6.07) is 12.2. The standard InChI is InChI=1S/C22H33N5O2.HI/c1-2-23-22(25-11-5-14-28-16-18-10-15-29-17-18)26-13-12-24-21-9-8-19-6-3-4-7-20(19)27-21;/h3-4,6-9,18H,2,5,10-17H2,1H3,(H,24,27)(H2,23,25,26);1H. The second kappa shape index (κ2) is 14.4. The van der Waals surface area contributed by atoms with E-state index in [2.05, 4.69) is 45.0 Å². The van der Waals surface area contributed by atoms with Gasteiger partial charge in [0.1, 0.15) is 5.82 Å². The first-order valence-corrected chi connectivity index (χ1v) is 10.6. The lowest BCUT2D eigenvalue weighted by Crippen LogP contribution is -2.39. The molecule has 1 atom stereocenters. The Balaban J connectivity index is 0.00000320. The van der Waals surface area contributed by atoms with E-state index in [0.717, 1.165) is 88.1 Å². The molecule has 2 aromatic rings. The zero-order chi connectivity index (χ0) is 20.2. The van der Waals surface area contributed by atoms with Crippen LogP contribution in [0.25, 0.3) is 10.9 Å². The number of nitrogens with one attached hydrogen (secondary N) is 3. The molecule has 1 aromatic carbocycles. The molecule has 1 unspecified atom stereocenters. The van der Waals surface area contributed by atoms with Gasteiger partial charge in [-0.05, 0) is 38.0 Å². The van der Waals surface area contributed by atoms with Crippen molar-refractivity contribution in [2.24, 2.45) is 10.9 Å². The molecule has 0 radical (unpaired) electrons. The first kappa shape index (κ1) is 24.6. The average Bonchev–Trinajstić information content (AvgIpc) is 3.27. The molecular formula is C22H34IN5O2. The minimum absolute atomic E-state index is 0. The molecule has 0 aliphatic carbocycles. The van der Waals surface area contributed by atoms with Crippen LogP contribution in [-0.2, 0) is 9.47 Å². The monoisotopic (exact) mass is 527 g/mol. The Bertz CT molecular complexity index is 768. The van der Waals surface area contributed by atoms with E-state index in [1.807, 2.05) is 24.3 Å². The minimum Gasteiger partial charge on any atom is -0.381 e. The van der Waals surface area contributed by atoms with Crippen LogP contribution in [0.2, 0.25) is 0 Å². The SMILES string of the molecule is CCNC(=NCCCOCC1CCOC1)NCCNc1ccc2ccccc2n1.I. The number of benzene rings is 1. The van der Waals surface area contributed by atoms with Crippen molar-refractivity contribution in [1.82, 2.24) is 15.6 Å². The molecule has 1 saturated heterocycles. The molecule has 1 aromatic heterocycles. The summed E-state index contributed by atoms with van der Waals surface area (Å²) in [5, 5.41) is 11.1. The van der Waals surface area contributed by atoms with Crippen molar-refractivity contribution in [3.05, 3.63) is 36.4 Å². The van der Waals surface area contributed by atoms with Gasteiger partial charge in [-0.15, -0.1) is 24.0 Å². The highest BCUT2D eigenvalue weighted by Crippen LogP contribution is 2.14. The normalized spacial score (nSPS) is 16.3. The highest BCUT2D eigenvalue weighted by molar-refractivity contribution is 14.0. The number of nitrogens with zero attached hydrogens (tertiary/aromatic N) is 2. The maximum Gasteiger partial charge on any atom is 0.191 e. The van der Waals surface area contributed by atoms with Crippen molar-refractivity contribution >= 4 is 46.7 Å². The molecule has 0 bridgehead atoms. The number of rotatable bonds is 11. The van der Waals surface area contributed by atoms with Crippen LogP contribution in [0.1, 0.15) is 19.8 Å². The topological polar surface area (TPSA) is 79.8 Å². The fraction of sp³-hybridized carbons (Fsp3) is 0.545. The number of hydrogen-bond donors (Lipinski definition) is 3. The third-order valence-corrected chi connectivity index (χ3v) is 4.76.